The second-order valence-electron chi connectivity index (χ2n) is 7.32. The molecule has 0 atom stereocenters. The second kappa shape index (κ2) is 10.7. The minimum atomic E-state index is -0.535. The van der Waals surface area contributed by atoms with E-state index in [0.29, 0.717) is 22.6 Å². The van der Waals surface area contributed by atoms with E-state index in [0.717, 1.165) is 11.1 Å². The lowest BCUT2D eigenvalue weighted by Gasteiger charge is -2.14. The van der Waals surface area contributed by atoms with Gasteiger partial charge in [0.1, 0.15) is 24.1 Å². The maximum atomic E-state index is 13.4. The molecule has 3 rings (SSSR count). The number of nitrogens with one attached hydrogen (secondary N) is 1. The Morgan fingerprint density at radius 3 is 2.64 bits per heavy atom. The molecule has 0 unspecified atom stereocenters. The fourth-order valence-electron chi connectivity index (χ4n) is 3.14. The predicted octanol–water partition coefficient (Wildman–Crippen LogP) is 6.23. The van der Waals surface area contributed by atoms with Gasteiger partial charge in [-0.2, -0.15) is 5.26 Å². The number of methoxy groups -OCH3 is 1. The summed E-state index contributed by atoms with van der Waals surface area (Å²) in [5.74, 6) is -0.304. The third-order valence-corrected chi connectivity index (χ3v) is 5.33. The molecule has 0 aliphatic rings. The number of anilines is 1. The van der Waals surface area contributed by atoms with Gasteiger partial charge < -0.3 is 14.8 Å². The van der Waals surface area contributed by atoms with Crippen LogP contribution in [-0.4, -0.2) is 13.0 Å². The lowest BCUT2D eigenvalue weighted by molar-refractivity contribution is -0.112. The molecule has 0 aliphatic carbocycles. The SMILES string of the molecule is COc1cc(/C=C(\C#N)C(=O)Nc2cccc(C)c2C)cc(Cl)c1OCc1cccc(F)c1. The van der Waals surface area contributed by atoms with E-state index in [1.807, 2.05) is 32.0 Å². The first kappa shape index (κ1) is 23.8. The Balaban J connectivity index is 1.84. The van der Waals surface area contributed by atoms with Crippen molar-refractivity contribution in [2.45, 2.75) is 20.5 Å². The van der Waals surface area contributed by atoms with Gasteiger partial charge in [-0.1, -0.05) is 35.9 Å². The van der Waals surface area contributed by atoms with Crippen LogP contribution in [0.3, 0.4) is 0 Å². The molecule has 33 heavy (non-hydrogen) atoms. The van der Waals surface area contributed by atoms with Gasteiger partial charge in [-0.3, -0.25) is 4.79 Å². The summed E-state index contributed by atoms with van der Waals surface area (Å²) in [6, 6.07) is 16.7. The molecule has 3 aromatic rings. The topological polar surface area (TPSA) is 71.3 Å². The molecule has 0 radical (unpaired) electrons. The molecule has 0 heterocycles. The molecule has 1 amide bonds. The molecule has 1 N–H and O–H groups in total. The van der Waals surface area contributed by atoms with Gasteiger partial charge in [0.25, 0.3) is 5.91 Å². The number of hydrogen-bond acceptors (Lipinski definition) is 4. The fraction of sp³-hybridized carbons (Fsp3) is 0.154. The van der Waals surface area contributed by atoms with E-state index in [9.17, 15) is 14.4 Å². The average Bonchev–Trinajstić information content (AvgIpc) is 2.79. The Hall–Kier alpha value is -3.82. The Kier molecular flexibility index (Phi) is 7.70. The van der Waals surface area contributed by atoms with E-state index in [1.54, 1.807) is 30.3 Å². The van der Waals surface area contributed by atoms with Crippen LogP contribution in [0.15, 0.2) is 60.2 Å². The van der Waals surface area contributed by atoms with Crippen LogP contribution in [-0.2, 0) is 11.4 Å². The van der Waals surface area contributed by atoms with E-state index in [-0.39, 0.29) is 28.8 Å². The van der Waals surface area contributed by atoms with Crippen molar-refractivity contribution in [3.63, 3.8) is 0 Å². The maximum absolute atomic E-state index is 13.4. The van der Waals surface area contributed by atoms with Crippen molar-refractivity contribution in [3.8, 4) is 17.6 Å². The van der Waals surface area contributed by atoms with Crippen LogP contribution >= 0.6 is 11.6 Å². The maximum Gasteiger partial charge on any atom is 0.266 e. The number of amides is 1. The third-order valence-electron chi connectivity index (χ3n) is 5.05. The minimum absolute atomic E-state index is 0.0880. The lowest BCUT2D eigenvalue weighted by Crippen LogP contribution is -2.14. The van der Waals surface area contributed by atoms with E-state index in [2.05, 4.69) is 5.32 Å². The number of nitriles is 1. The summed E-state index contributed by atoms with van der Waals surface area (Å²) in [4.78, 5) is 12.7. The van der Waals surface area contributed by atoms with Gasteiger partial charge in [0, 0.05) is 5.69 Å². The summed E-state index contributed by atoms with van der Waals surface area (Å²) < 4.78 is 24.5. The van der Waals surface area contributed by atoms with Crippen molar-refractivity contribution in [1.29, 1.82) is 5.26 Å². The first-order chi connectivity index (χ1) is 15.8. The molecular weight excluding hydrogens is 443 g/mol. The van der Waals surface area contributed by atoms with Crippen LogP contribution in [0.4, 0.5) is 10.1 Å². The van der Waals surface area contributed by atoms with Gasteiger partial charge in [0.15, 0.2) is 11.5 Å². The van der Waals surface area contributed by atoms with E-state index in [1.165, 1.54) is 25.3 Å². The number of halogens is 2. The quantitative estimate of drug-likeness (QED) is 0.332. The molecule has 0 spiro atoms. The zero-order valence-electron chi connectivity index (χ0n) is 18.4. The lowest BCUT2D eigenvalue weighted by atomic mass is 10.1. The van der Waals surface area contributed by atoms with Gasteiger partial charge in [-0.25, -0.2) is 4.39 Å². The first-order valence-electron chi connectivity index (χ1n) is 10.1. The van der Waals surface area contributed by atoms with Crippen molar-refractivity contribution in [2.75, 3.05) is 12.4 Å². The summed E-state index contributed by atoms with van der Waals surface area (Å²) in [7, 11) is 1.45. The van der Waals surface area contributed by atoms with Crippen molar-refractivity contribution in [3.05, 3.63) is 93.3 Å². The van der Waals surface area contributed by atoms with Crippen molar-refractivity contribution < 1.29 is 18.7 Å². The highest BCUT2D eigenvalue weighted by atomic mass is 35.5. The van der Waals surface area contributed by atoms with Crippen LogP contribution in [0, 0.1) is 31.0 Å². The van der Waals surface area contributed by atoms with Crippen LogP contribution < -0.4 is 14.8 Å². The molecule has 168 valence electrons. The Bertz CT molecular complexity index is 1260. The smallest absolute Gasteiger partial charge is 0.266 e. The van der Waals surface area contributed by atoms with Crippen LogP contribution in [0.2, 0.25) is 5.02 Å². The highest BCUT2D eigenvalue weighted by molar-refractivity contribution is 6.32. The summed E-state index contributed by atoms with van der Waals surface area (Å²) in [6.45, 7) is 3.93. The van der Waals surface area contributed by atoms with Gasteiger partial charge in [0.2, 0.25) is 0 Å². The standard InChI is InChI=1S/C26H22ClFN2O3/c1-16-6-4-9-23(17(16)2)30-26(31)20(14-29)10-19-12-22(27)25(24(13-19)32-3)33-15-18-7-5-8-21(28)11-18/h4-13H,15H2,1-3H3,(H,30,31)/b20-10+. The largest absolute Gasteiger partial charge is 0.493 e. The van der Waals surface area contributed by atoms with Crippen molar-refractivity contribution in [2.24, 2.45) is 0 Å². The number of aryl methyl sites for hydroxylation is 1. The minimum Gasteiger partial charge on any atom is -0.493 e. The number of nitrogens with zero attached hydrogens (tertiary/aromatic N) is 1. The highest BCUT2D eigenvalue weighted by Gasteiger charge is 2.15. The Labute approximate surface area is 197 Å². The molecule has 0 aliphatic heterocycles. The first-order valence-corrected chi connectivity index (χ1v) is 10.4. The van der Waals surface area contributed by atoms with Gasteiger partial charge >= 0.3 is 0 Å². The van der Waals surface area contributed by atoms with Gasteiger partial charge in [-0.15, -0.1) is 0 Å². The molecule has 0 fully saturated rings. The van der Waals surface area contributed by atoms with Crippen molar-refractivity contribution >= 4 is 29.3 Å². The van der Waals surface area contributed by atoms with E-state index >= 15 is 0 Å². The molecule has 0 saturated carbocycles. The summed E-state index contributed by atoms with van der Waals surface area (Å²) in [5.41, 5.74) is 3.61. The predicted molar refractivity (Wildman–Crippen MR) is 127 cm³/mol. The van der Waals surface area contributed by atoms with Gasteiger partial charge in [-0.05, 0) is 72.5 Å². The second-order valence-corrected chi connectivity index (χ2v) is 7.73. The van der Waals surface area contributed by atoms with Crippen LogP contribution in [0.1, 0.15) is 22.3 Å². The number of rotatable bonds is 7. The summed E-state index contributed by atoms with van der Waals surface area (Å²) in [6.07, 6.45) is 1.42. The molecule has 0 bridgehead atoms. The Morgan fingerprint density at radius 1 is 1.18 bits per heavy atom. The van der Waals surface area contributed by atoms with Crippen LogP contribution in [0.5, 0.6) is 11.5 Å². The number of carbonyl (C=O) groups is 1. The summed E-state index contributed by atoms with van der Waals surface area (Å²) >= 11 is 6.39. The monoisotopic (exact) mass is 464 g/mol. The Morgan fingerprint density at radius 2 is 1.94 bits per heavy atom. The number of benzene rings is 3. The highest BCUT2D eigenvalue weighted by Crippen LogP contribution is 2.37. The molecule has 5 nitrogen and oxygen atoms in total. The number of carbonyl (C=O) groups excluding carboxylic acids is 1. The fourth-order valence-corrected chi connectivity index (χ4v) is 3.41. The third kappa shape index (κ3) is 5.91. The van der Waals surface area contributed by atoms with Crippen molar-refractivity contribution in [1.82, 2.24) is 0 Å². The molecule has 7 heteroatoms. The number of ether oxygens (including phenoxy) is 2. The van der Waals surface area contributed by atoms with E-state index in [4.69, 9.17) is 21.1 Å². The van der Waals surface area contributed by atoms with E-state index < -0.39 is 5.91 Å². The molecule has 3 aromatic carbocycles. The summed E-state index contributed by atoms with van der Waals surface area (Å²) in [5, 5.41) is 12.5. The number of hydrogen-bond donors (Lipinski definition) is 1. The van der Waals surface area contributed by atoms with Gasteiger partial charge in [0.05, 0.1) is 12.1 Å². The zero-order valence-corrected chi connectivity index (χ0v) is 19.2. The average molecular weight is 465 g/mol. The molecule has 0 saturated heterocycles. The van der Waals surface area contributed by atoms with Crippen LogP contribution in [0.25, 0.3) is 6.08 Å². The zero-order chi connectivity index (χ0) is 24.0. The molecular formula is C26H22ClFN2O3. The normalized spacial score (nSPS) is 11.0. The molecule has 0 aromatic heterocycles.